The molecule has 2 saturated heterocycles. The van der Waals surface area contributed by atoms with Gasteiger partial charge < -0.3 is 14.4 Å². The lowest BCUT2D eigenvalue weighted by atomic mass is 10.0. The maximum atomic E-state index is 13.6. The molecule has 1 atom stereocenters. The number of fused-ring (bicyclic) bond motifs is 1. The molecular formula is C23H31N5O5S. The van der Waals surface area contributed by atoms with E-state index >= 15 is 0 Å². The fourth-order valence-corrected chi connectivity index (χ4v) is 5.76. The van der Waals surface area contributed by atoms with E-state index in [2.05, 4.69) is 23.9 Å². The Labute approximate surface area is 202 Å². The van der Waals surface area contributed by atoms with Crippen molar-refractivity contribution in [3.8, 4) is 0 Å². The van der Waals surface area contributed by atoms with Gasteiger partial charge in [0.2, 0.25) is 0 Å². The van der Waals surface area contributed by atoms with Crippen LogP contribution in [-0.2, 0) is 21.3 Å². The summed E-state index contributed by atoms with van der Waals surface area (Å²) in [4.78, 5) is 46.9. The maximum absolute atomic E-state index is 13.6. The molecule has 11 heteroatoms. The Morgan fingerprint density at radius 3 is 2.65 bits per heavy atom. The Morgan fingerprint density at radius 2 is 2.00 bits per heavy atom. The Bertz CT molecular complexity index is 1110. The number of cyclic esters (lactones) is 1. The number of rotatable bonds is 6. The van der Waals surface area contributed by atoms with Crippen LogP contribution in [0.15, 0.2) is 11.1 Å². The van der Waals surface area contributed by atoms with Crippen molar-refractivity contribution in [3.05, 3.63) is 17.5 Å². The van der Waals surface area contributed by atoms with Crippen LogP contribution in [0.3, 0.4) is 0 Å². The quantitative estimate of drug-likeness (QED) is 0.450. The smallest absolute Gasteiger partial charge is 0.410 e. The predicted octanol–water partition coefficient (Wildman–Crippen LogP) is 2.77. The normalized spacial score (nSPS) is 19.2. The molecule has 0 aliphatic carbocycles. The van der Waals surface area contributed by atoms with Crippen LogP contribution < -0.4 is 0 Å². The third kappa shape index (κ3) is 4.45. The number of amides is 2. The number of aryl methyl sites for hydroxylation is 2. The van der Waals surface area contributed by atoms with Crippen LogP contribution in [0.2, 0.25) is 0 Å². The van der Waals surface area contributed by atoms with E-state index in [1.54, 1.807) is 34.5 Å². The van der Waals surface area contributed by atoms with Crippen LogP contribution in [-0.4, -0.2) is 86.2 Å². The van der Waals surface area contributed by atoms with Gasteiger partial charge in [-0.15, -0.1) is 11.8 Å². The van der Waals surface area contributed by atoms with Crippen molar-refractivity contribution in [2.24, 2.45) is 7.05 Å². The number of likely N-dealkylation sites (tertiary alicyclic amines) is 1. The summed E-state index contributed by atoms with van der Waals surface area (Å²) in [6, 6.07) is -0.909. The monoisotopic (exact) mass is 489 g/mol. The van der Waals surface area contributed by atoms with Crippen molar-refractivity contribution in [1.82, 2.24) is 24.6 Å². The first-order valence-corrected chi connectivity index (χ1v) is 12.5. The number of carbonyl (C=O) groups excluding carboxylic acids is 3. The number of esters is 1. The van der Waals surface area contributed by atoms with Crippen LogP contribution in [0.25, 0.3) is 11.0 Å². The van der Waals surface area contributed by atoms with Crippen molar-refractivity contribution in [1.29, 1.82) is 0 Å². The number of aromatic nitrogens is 3. The van der Waals surface area contributed by atoms with Crippen molar-refractivity contribution in [2.45, 2.75) is 62.8 Å². The van der Waals surface area contributed by atoms with Gasteiger partial charge in [0, 0.05) is 42.5 Å². The van der Waals surface area contributed by atoms with Crippen molar-refractivity contribution >= 4 is 40.8 Å². The molecule has 10 nitrogen and oxygen atoms in total. The molecule has 0 N–H and O–H groups in total. The summed E-state index contributed by atoms with van der Waals surface area (Å²) in [7, 11) is 1.85. The van der Waals surface area contributed by atoms with Crippen molar-refractivity contribution in [2.75, 3.05) is 26.3 Å². The van der Waals surface area contributed by atoms with E-state index in [0.29, 0.717) is 31.5 Å². The first-order valence-electron chi connectivity index (χ1n) is 11.6. The number of nitrogens with zero attached hydrogens (tertiary/aromatic N) is 5. The predicted molar refractivity (Wildman–Crippen MR) is 127 cm³/mol. The number of hydrogen-bond donors (Lipinski definition) is 0. The van der Waals surface area contributed by atoms with Crippen LogP contribution in [0, 0.1) is 6.92 Å². The molecule has 0 saturated carbocycles. The molecule has 2 aromatic rings. The molecule has 2 aliphatic heterocycles. The molecule has 0 aromatic carbocycles. The summed E-state index contributed by atoms with van der Waals surface area (Å²) in [5.74, 6) is -0.529. The average Bonchev–Trinajstić information content (AvgIpc) is 3.32. The second kappa shape index (κ2) is 9.81. The lowest BCUT2D eigenvalue weighted by molar-refractivity contribution is -0.148. The van der Waals surface area contributed by atoms with Gasteiger partial charge in [-0.2, -0.15) is 5.10 Å². The Hall–Kier alpha value is -2.82. The van der Waals surface area contributed by atoms with Crippen LogP contribution in [0.5, 0.6) is 0 Å². The van der Waals surface area contributed by atoms with E-state index in [0.717, 1.165) is 21.6 Å². The molecule has 0 radical (unpaired) electrons. The second-order valence-electron chi connectivity index (χ2n) is 8.85. The standard InChI is InChI=1S/C23H31N5O5S/c1-6-32-22(30)17-12-33-23(31)28(17)15-7-9-27(10-8-15)21(29)16-11-24-20-18(14(4)25-26(20)5)19(16)34-13(2)3/h11,13,15,17H,6-10,12H2,1-5H3. The zero-order chi connectivity index (χ0) is 24.6. The molecule has 2 fully saturated rings. The Kier molecular flexibility index (Phi) is 7.01. The van der Waals surface area contributed by atoms with Gasteiger partial charge in [0.25, 0.3) is 5.91 Å². The van der Waals surface area contributed by atoms with Gasteiger partial charge in [-0.25, -0.2) is 14.6 Å². The molecule has 2 aliphatic rings. The summed E-state index contributed by atoms with van der Waals surface area (Å²) >= 11 is 1.64. The van der Waals surface area contributed by atoms with Gasteiger partial charge in [-0.3, -0.25) is 14.4 Å². The number of ether oxygens (including phenoxy) is 2. The molecule has 1 unspecified atom stereocenters. The summed E-state index contributed by atoms with van der Waals surface area (Å²) in [6.45, 7) is 9.04. The highest BCUT2D eigenvalue weighted by Gasteiger charge is 2.44. The first-order chi connectivity index (χ1) is 16.2. The summed E-state index contributed by atoms with van der Waals surface area (Å²) in [5, 5.41) is 5.69. The molecule has 0 spiro atoms. The average molecular weight is 490 g/mol. The first kappa shape index (κ1) is 24.3. The largest absolute Gasteiger partial charge is 0.464 e. The highest BCUT2D eigenvalue weighted by atomic mass is 32.2. The van der Waals surface area contributed by atoms with E-state index < -0.39 is 18.1 Å². The van der Waals surface area contributed by atoms with Crippen molar-refractivity contribution in [3.63, 3.8) is 0 Å². The molecule has 184 valence electrons. The highest BCUT2D eigenvalue weighted by Crippen LogP contribution is 2.36. The molecule has 2 aromatic heterocycles. The zero-order valence-electron chi connectivity index (χ0n) is 20.2. The minimum atomic E-state index is -0.728. The summed E-state index contributed by atoms with van der Waals surface area (Å²) in [6.07, 6.45) is 2.27. The lowest BCUT2D eigenvalue weighted by Gasteiger charge is -2.37. The number of hydrogen-bond acceptors (Lipinski definition) is 8. The van der Waals surface area contributed by atoms with Crippen LogP contribution >= 0.6 is 11.8 Å². The van der Waals surface area contributed by atoms with Crippen LogP contribution in [0.4, 0.5) is 4.79 Å². The summed E-state index contributed by atoms with van der Waals surface area (Å²) < 4.78 is 12.0. The van der Waals surface area contributed by atoms with E-state index in [4.69, 9.17) is 9.47 Å². The van der Waals surface area contributed by atoms with Gasteiger partial charge in [0.05, 0.1) is 23.3 Å². The van der Waals surface area contributed by atoms with E-state index in [-0.39, 0.29) is 30.4 Å². The van der Waals surface area contributed by atoms with Gasteiger partial charge in [0.15, 0.2) is 11.7 Å². The number of carbonyl (C=O) groups is 3. The van der Waals surface area contributed by atoms with E-state index in [9.17, 15) is 14.4 Å². The third-order valence-corrected chi connectivity index (χ3v) is 7.31. The topological polar surface area (TPSA) is 107 Å². The maximum Gasteiger partial charge on any atom is 0.410 e. The van der Waals surface area contributed by atoms with Gasteiger partial charge in [0.1, 0.15) is 6.61 Å². The molecular weight excluding hydrogens is 458 g/mol. The molecule has 0 bridgehead atoms. The second-order valence-corrected chi connectivity index (χ2v) is 10.4. The summed E-state index contributed by atoms with van der Waals surface area (Å²) in [5.41, 5.74) is 2.18. The highest BCUT2D eigenvalue weighted by molar-refractivity contribution is 8.00. The number of thioether (sulfide) groups is 1. The molecule has 34 heavy (non-hydrogen) atoms. The fourth-order valence-electron chi connectivity index (χ4n) is 4.66. The number of piperidine rings is 1. The number of pyridine rings is 1. The van der Waals surface area contributed by atoms with Gasteiger partial charge >= 0.3 is 12.1 Å². The fraction of sp³-hybridized carbons (Fsp3) is 0.609. The molecule has 2 amide bonds. The Morgan fingerprint density at radius 1 is 1.29 bits per heavy atom. The Balaban J connectivity index is 1.53. The van der Waals surface area contributed by atoms with Gasteiger partial charge in [-0.1, -0.05) is 13.8 Å². The van der Waals surface area contributed by atoms with Crippen LogP contribution in [0.1, 0.15) is 49.7 Å². The lowest BCUT2D eigenvalue weighted by Crippen LogP contribution is -2.52. The third-order valence-electron chi connectivity index (χ3n) is 6.18. The SMILES string of the molecule is CCOC(=O)C1COC(=O)N1C1CCN(C(=O)c2cnc3c(c(C)nn3C)c2SC(C)C)CC1. The minimum absolute atomic E-state index is 0.00272. The van der Waals surface area contributed by atoms with Crippen molar-refractivity contribution < 1.29 is 23.9 Å². The molecule has 4 rings (SSSR count). The molecule has 4 heterocycles. The minimum Gasteiger partial charge on any atom is -0.464 e. The zero-order valence-corrected chi connectivity index (χ0v) is 21.1. The van der Waals surface area contributed by atoms with E-state index in [1.807, 2.05) is 14.0 Å². The van der Waals surface area contributed by atoms with Gasteiger partial charge in [-0.05, 0) is 26.7 Å². The van der Waals surface area contributed by atoms with E-state index in [1.165, 1.54) is 4.90 Å².